The second-order valence-electron chi connectivity index (χ2n) is 5.24. The maximum atomic E-state index is 13.5. The minimum absolute atomic E-state index is 0.261. The predicted octanol–water partition coefficient (Wildman–Crippen LogP) is 3.84. The summed E-state index contributed by atoms with van der Waals surface area (Å²) in [5.74, 6) is -0.261. The van der Waals surface area contributed by atoms with Gasteiger partial charge in [0.15, 0.2) is 0 Å². The topological polar surface area (TPSA) is 15.3 Å². The highest BCUT2D eigenvalue weighted by atomic mass is 35.5. The van der Waals surface area contributed by atoms with Gasteiger partial charge in [-0.2, -0.15) is 0 Å². The number of hydrogen-bond acceptors (Lipinski definition) is 2. The van der Waals surface area contributed by atoms with Crippen LogP contribution in [0, 0.1) is 5.82 Å². The van der Waals surface area contributed by atoms with Crippen molar-refractivity contribution < 1.29 is 4.39 Å². The molecule has 4 heteroatoms. The van der Waals surface area contributed by atoms with Crippen molar-refractivity contribution in [3.05, 3.63) is 29.0 Å². The van der Waals surface area contributed by atoms with Crippen molar-refractivity contribution in [3.8, 4) is 0 Å². The van der Waals surface area contributed by atoms with Gasteiger partial charge < -0.3 is 10.2 Å². The molecule has 19 heavy (non-hydrogen) atoms. The largest absolute Gasteiger partial charge is 0.366 e. The van der Waals surface area contributed by atoms with Crippen LogP contribution in [0.25, 0.3) is 0 Å². The highest BCUT2D eigenvalue weighted by Gasteiger charge is 2.26. The van der Waals surface area contributed by atoms with E-state index < -0.39 is 0 Å². The number of nitrogens with zero attached hydrogens (tertiary/aromatic N) is 1. The molecule has 2 rings (SSSR count). The molecule has 1 aromatic carbocycles. The molecule has 0 saturated carbocycles. The monoisotopic (exact) mass is 284 g/mol. The normalized spacial score (nSPS) is 23.7. The van der Waals surface area contributed by atoms with Gasteiger partial charge in [0.1, 0.15) is 5.82 Å². The number of nitrogens with one attached hydrogen (secondary N) is 1. The van der Waals surface area contributed by atoms with E-state index in [4.69, 9.17) is 11.6 Å². The minimum Gasteiger partial charge on any atom is -0.366 e. The fraction of sp³-hybridized carbons (Fsp3) is 0.600. The predicted molar refractivity (Wildman–Crippen MR) is 79.5 cm³/mol. The molecule has 0 spiro atoms. The number of benzene rings is 1. The lowest BCUT2D eigenvalue weighted by atomic mass is 10.0. The van der Waals surface area contributed by atoms with Crippen LogP contribution in [-0.2, 0) is 0 Å². The Morgan fingerprint density at radius 1 is 1.37 bits per heavy atom. The van der Waals surface area contributed by atoms with E-state index in [9.17, 15) is 4.39 Å². The zero-order valence-electron chi connectivity index (χ0n) is 11.6. The van der Waals surface area contributed by atoms with E-state index in [1.54, 1.807) is 6.07 Å². The van der Waals surface area contributed by atoms with Crippen molar-refractivity contribution in [1.82, 2.24) is 5.32 Å². The SMILES string of the molecule is CCCC1CN(c2cc(F)cc(Cl)c2)C(CC)CN1. The second-order valence-corrected chi connectivity index (χ2v) is 5.67. The lowest BCUT2D eigenvalue weighted by Gasteiger charge is -2.42. The summed E-state index contributed by atoms with van der Waals surface area (Å²) < 4.78 is 13.5. The zero-order valence-corrected chi connectivity index (χ0v) is 12.4. The maximum Gasteiger partial charge on any atom is 0.126 e. The van der Waals surface area contributed by atoms with E-state index in [1.807, 2.05) is 6.07 Å². The first-order valence-corrected chi connectivity index (χ1v) is 7.48. The van der Waals surface area contributed by atoms with Gasteiger partial charge in [0.2, 0.25) is 0 Å². The Morgan fingerprint density at radius 2 is 2.16 bits per heavy atom. The molecule has 1 aromatic rings. The molecule has 2 nitrogen and oxygen atoms in total. The van der Waals surface area contributed by atoms with Crippen LogP contribution < -0.4 is 10.2 Å². The molecular weight excluding hydrogens is 263 g/mol. The third-order valence-electron chi connectivity index (χ3n) is 3.79. The van der Waals surface area contributed by atoms with Crippen LogP contribution in [0.2, 0.25) is 5.02 Å². The van der Waals surface area contributed by atoms with E-state index in [1.165, 1.54) is 6.07 Å². The summed E-state index contributed by atoms with van der Waals surface area (Å²) in [6.45, 7) is 6.23. The summed E-state index contributed by atoms with van der Waals surface area (Å²) in [7, 11) is 0. The van der Waals surface area contributed by atoms with E-state index >= 15 is 0 Å². The van der Waals surface area contributed by atoms with Crippen LogP contribution in [0.15, 0.2) is 18.2 Å². The average molecular weight is 285 g/mol. The fourth-order valence-corrected chi connectivity index (χ4v) is 3.01. The minimum atomic E-state index is -0.261. The first-order valence-electron chi connectivity index (χ1n) is 7.10. The Balaban J connectivity index is 2.21. The molecular formula is C15H22ClFN2. The second kappa shape index (κ2) is 6.58. The van der Waals surface area contributed by atoms with Crippen molar-refractivity contribution in [3.63, 3.8) is 0 Å². The first-order chi connectivity index (χ1) is 9.13. The van der Waals surface area contributed by atoms with Crippen LogP contribution in [0.3, 0.4) is 0 Å². The van der Waals surface area contributed by atoms with Gasteiger partial charge in [0.25, 0.3) is 0 Å². The van der Waals surface area contributed by atoms with Gasteiger partial charge in [-0.05, 0) is 31.0 Å². The molecule has 1 fully saturated rings. The van der Waals surface area contributed by atoms with E-state index in [2.05, 4.69) is 24.1 Å². The van der Waals surface area contributed by atoms with Gasteiger partial charge in [-0.15, -0.1) is 0 Å². The van der Waals surface area contributed by atoms with Crippen LogP contribution >= 0.6 is 11.6 Å². The van der Waals surface area contributed by atoms with Crippen molar-refractivity contribution in [2.45, 2.75) is 45.2 Å². The number of piperazine rings is 1. The standard InChI is InChI=1S/C15H22ClFN2/c1-3-5-13-10-19(14(4-2)9-18-13)15-7-11(16)6-12(17)8-15/h6-8,13-14,18H,3-5,9-10H2,1-2H3. The average Bonchev–Trinajstić information content (AvgIpc) is 2.38. The molecule has 0 aromatic heterocycles. The van der Waals surface area contributed by atoms with Crippen molar-refractivity contribution in [2.24, 2.45) is 0 Å². The van der Waals surface area contributed by atoms with Crippen LogP contribution in [0.1, 0.15) is 33.1 Å². The smallest absolute Gasteiger partial charge is 0.126 e. The number of rotatable bonds is 4. The quantitative estimate of drug-likeness (QED) is 0.904. The van der Waals surface area contributed by atoms with Gasteiger partial charge in [-0.1, -0.05) is 31.9 Å². The van der Waals surface area contributed by atoms with Gasteiger partial charge in [0, 0.05) is 35.9 Å². The van der Waals surface area contributed by atoms with Crippen molar-refractivity contribution in [1.29, 1.82) is 0 Å². The molecule has 1 aliphatic heterocycles. The summed E-state index contributed by atoms with van der Waals surface area (Å²) >= 11 is 5.98. The molecule has 0 radical (unpaired) electrons. The molecule has 1 aliphatic rings. The van der Waals surface area contributed by atoms with E-state index in [0.29, 0.717) is 17.1 Å². The zero-order chi connectivity index (χ0) is 13.8. The summed E-state index contributed by atoms with van der Waals surface area (Å²) in [5.41, 5.74) is 0.902. The third-order valence-corrected chi connectivity index (χ3v) is 4.01. The molecule has 0 bridgehead atoms. The first kappa shape index (κ1) is 14.6. The van der Waals surface area contributed by atoms with Gasteiger partial charge in [-0.3, -0.25) is 0 Å². The lowest BCUT2D eigenvalue weighted by Crippen LogP contribution is -2.56. The highest BCUT2D eigenvalue weighted by molar-refractivity contribution is 6.30. The van der Waals surface area contributed by atoms with Crippen molar-refractivity contribution >= 4 is 17.3 Å². The molecule has 106 valence electrons. The Hall–Kier alpha value is -0.800. The van der Waals surface area contributed by atoms with Gasteiger partial charge in [-0.25, -0.2) is 4.39 Å². The Labute approximate surface area is 119 Å². The molecule has 1 N–H and O–H groups in total. The summed E-state index contributed by atoms with van der Waals surface area (Å²) in [6, 6.07) is 5.70. The molecule has 2 unspecified atom stereocenters. The fourth-order valence-electron chi connectivity index (χ4n) is 2.79. The van der Waals surface area contributed by atoms with Gasteiger partial charge in [0.05, 0.1) is 0 Å². The summed E-state index contributed by atoms with van der Waals surface area (Å²) in [4.78, 5) is 2.30. The highest BCUT2D eigenvalue weighted by Crippen LogP contribution is 2.26. The molecule has 2 atom stereocenters. The van der Waals surface area contributed by atoms with E-state index in [0.717, 1.165) is 38.0 Å². The molecule has 0 amide bonds. The summed E-state index contributed by atoms with van der Waals surface area (Å²) in [5, 5.41) is 4.05. The number of halogens is 2. The molecule has 1 heterocycles. The van der Waals surface area contributed by atoms with Gasteiger partial charge >= 0.3 is 0 Å². The lowest BCUT2D eigenvalue weighted by molar-refractivity contribution is 0.369. The Morgan fingerprint density at radius 3 is 2.79 bits per heavy atom. The van der Waals surface area contributed by atoms with E-state index in [-0.39, 0.29) is 5.82 Å². The van der Waals surface area contributed by atoms with Crippen molar-refractivity contribution in [2.75, 3.05) is 18.0 Å². The maximum absolute atomic E-state index is 13.5. The van der Waals surface area contributed by atoms with Crippen LogP contribution in [-0.4, -0.2) is 25.2 Å². The Kier molecular flexibility index (Phi) is 5.06. The van der Waals surface area contributed by atoms with Crippen LogP contribution in [0.5, 0.6) is 0 Å². The Bertz CT molecular complexity index is 404. The number of hydrogen-bond donors (Lipinski definition) is 1. The number of anilines is 1. The summed E-state index contributed by atoms with van der Waals surface area (Å²) in [6.07, 6.45) is 3.35. The van der Waals surface area contributed by atoms with Crippen LogP contribution in [0.4, 0.5) is 10.1 Å². The molecule has 1 saturated heterocycles. The molecule has 0 aliphatic carbocycles. The third kappa shape index (κ3) is 3.61.